The maximum Gasteiger partial charge on any atom is 0.408 e. The minimum absolute atomic E-state index is 0.0251. The Kier molecular flexibility index (Phi) is 6.69. The van der Waals surface area contributed by atoms with Gasteiger partial charge >= 0.3 is 6.09 Å². The van der Waals surface area contributed by atoms with E-state index in [2.05, 4.69) is 47.5 Å². The average Bonchev–Trinajstić information content (AvgIpc) is 3.38. The fourth-order valence-electron chi connectivity index (χ4n) is 4.31. The minimum atomic E-state index is -1.09. The molecule has 0 aliphatic carbocycles. The first-order valence-electron chi connectivity index (χ1n) is 11.2. The molecule has 4 atom stereocenters. The van der Waals surface area contributed by atoms with Crippen LogP contribution in [0.2, 0.25) is 0 Å². The fourth-order valence-corrected chi connectivity index (χ4v) is 4.90. The summed E-state index contributed by atoms with van der Waals surface area (Å²) in [6.45, 7) is 9.81. The summed E-state index contributed by atoms with van der Waals surface area (Å²) in [5.74, 6) is -0.369. The van der Waals surface area contributed by atoms with E-state index < -0.39 is 12.1 Å². The van der Waals surface area contributed by atoms with Gasteiger partial charge in [0, 0.05) is 42.8 Å². The van der Waals surface area contributed by atoms with Crippen molar-refractivity contribution in [2.45, 2.75) is 58.4 Å². The summed E-state index contributed by atoms with van der Waals surface area (Å²) >= 11 is 1.08. The van der Waals surface area contributed by atoms with Gasteiger partial charge in [0.15, 0.2) is 0 Å². The van der Waals surface area contributed by atoms with Crippen LogP contribution in [0.3, 0.4) is 0 Å². The van der Waals surface area contributed by atoms with E-state index in [1.165, 1.54) is 4.90 Å². The van der Waals surface area contributed by atoms with Gasteiger partial charge in [0.1, 0.15) is 16.7 Å². The number of amides is 2. The van der Waals surface area contributed by atoms with Gasteiger partial charge in [0.05, 0.1) is 12.2 Å². The molecule has 1 aromatic heterocycles. The average molecular weight is 474 g/mol. The molecular formula is C23H31N5O4S. The lowest BCUT2D eigenvalue weighted by Crippen LogP contribution is -2.61. The highest BCUT2D eigenvalue weighted by Gasteiger charge is 2.45. The summed E-state index contributed by atoms with van der Waals surface area (Å²) in [6.07, 6.45) is -0.228. The number of aromatic nitrogens is 2. The summed E-state index contributed by atoms with van der Waals surface area (Å²) in [4.78, 5) is 28.7. The molecule has 33 heavy (non-hydrogen) atoms. The summed E-state index contributed by atoms with van der Waals surface area (Å²) in [5.41, 5.74) is 1.45. The second kappa shape index (κ2) is 9.36. The van der Waals surface area contributed by atoms with Crippen molar-refractivity contribution < 1.29 is 19.4 Å². The van der Waals surface area contributed by atoms with Gasteiger partial charge in [0.25, 0.3) is 0 Å². The van der Waals surface area contributed by atoms with Crippen molar-refractivity contribution in [1.29, 1.82) is 0 Å². The molecule has 0 spiro atoms. The Hall–Kier alpha value is -2.56. The van der Waals surface area contributed by atoms with Gasteiger partial charge in [-0.3, -0.25) is 14.6 Å². The number of hydrogen-bond acceptors (Lipinski definition) is 7. The second-order valence-electron chi connectivity index (χ2n) is 9.87. The number of piperazine rings is 1. The summed E-state index contributed by atoms with van der Waals surface area (Å²) in [6, 6.07) is 8.70. The van der Waals surface area contributed by atoms with E-state index in [4.69, 9.17) is 4.74 Å². The predicted octanol–water partition coefficient (Wildman–Crippen LogP) is 3.40. The molecule has 2 aliphatic rings. The van der Waals surface area contributed by atoms with Crippen LogP contribution in [-0.4, -0.2) is 80.4 Å². The first-order valence-corrected chi connectivity index (χ1v) is 12.0. The molecule has 2 amide bonds. The Morgan fingerprint density at radius 1 is 1.21 bits per heavy atom. The van der Waals surface area contributed by atoms with Gasteiger partial charge in [-0.05, 0) is 18.8 Å². The largest absolute Gasteiger partial charge is 0.465 e. The Morgan fingerprint density at radius 3 is 2.61 bits per heavy atom. The van der Waals surface area contributed by atoms with Crippen LogP contribution < -0.4 is 5.32 Å². The second-order valence-corrected chi connectivity index (χ2v) is 10.6. The molecule has 2 aromatic rings. The number of carboxylic acid groups (broad SMARTS) is 1. The maximum absolute atomic E-state index is 13.2. The number of carbonyl (C=O) groups is 2. The number of hydrogen-bond donors (Lipinski definition) is 2. The van der Waals surface area contributed by atoms with E-state index >= 15 is 0 Å². The highest BCUT2D eigenvalue weighted by atomic mass is 32.1. The number of nitrogens with zero attached hydrogens (tertiary/aromatic N) is 4. The molecule has 4 rings (SSSR count). The lowest BCUT2D eigenvalue weighted by molar-refractivity contribution is -0.123. The Labute approximate surface area is 197 Å². The normalized spacial score (nSPS) is 24.4. The summed E-state index contributed by atoms with van der Waals surface area (Å²) in [7, 11) is 0. The first-order chi connectivity index (χ1) is 15.6. The van der Waals surface area contributed by atoms with Gasteiger partial charge < -0.3 is 15.2 Å². The van der Waals surface area contributed by atoms with Crippen molar-refractivity contribution >= 4 is 28.5 Å². The molecule has 1 unspecified atom stereocenters. The van der Waals surface area contributed by atoms with Crippen molar-refractivity contribution in [2.75, 3.05) is 25.0 Å². The minimum Gasteiger partial charge on any atom is -0.465 e. The van der Waals surface area contributed by atoms with Gasteiger partial charge in [0.2, 0.25) is 5.91 Å². The molecule has 178 valence electrons. The molecule has 9 nitrogen and oxygen atoms in total. The standard InChI is InChI=1S/C23H31N5O4S/c1-14(23(2,3)4)32-17-10-16-11-28(22(30)31)18(13-27(16)12-17)20(29)24-21-19(25-26-33-21)15-8-6-5-7-9-15/h5-9,14,16-18H,10-13H2,1-4H3,(H,24,29)(H,30,31)/t14?,16-,17-,18+/m1/s1. The van der Waals surface area contributed by atoms with Gasteiger partial charge in [-0.25, -0.2) is 4.79 Å². The molecule has 2 N–H and O–H groups in total. The number of rotatable bonds is 5. The lowest BCUT2D eigenvalue weighted by atomic mass is 9.90. The number of carbonyl (C=O) groups excluding carboxylic acids is 1. The molecule has 0 saturated carbocycles. The third-order valence-electron chi connectivity index (χ3n) is 6.62. The zero-order valence-corrected chi connectivity index (χ0v) is 20.2. The van der Waals surface area contributed by atoms with E-state index in [0.29, 0.717) is 23.8 Å². The van der Waals surface area contributed by atoms with Crippen molar-refractivity contribution in [3.8, 4) is 11.3 Å². The molecule has 0 bridgehead atoms. The van der Waals surface area contributed by atoms with E-state index in [1.807, 2.05) is 30.3 Å². The van der Waals surface area contributed by atoms with Crippen LogP contribution in [0.5, 0.6) is 0 Å². The van der Waals surface area contributed by atoms with E-state index in [0.717, 1.165) is 23.5 Å². The van der Waals surface area contributed by atoms with E-state index in [-0.39, 0.29) is 36.1 Å². The van der Waals surface area contributed by atoms with Crippen LogP contribution in [-0.2, 0) is 9.53 Å². The molecule has 10 heteroatoms. The Bertz CT molecular complexity index is 992. The van der Waals surface area contributed by atoms with Crippen LogP contribution in [0, 0.1) is 5.41 Å². The highest BCUT2D eigenvalue weighted by Crippen LogP contribution is 2.32. The van der Waals surface area contributed by atoms with Crippen molar-refractivity contribution in [3.63, 3.8) is 0 Å². The highest BCUT2D eigenvalue weighted by molar-refractivity contribution is 7.10. The fraction of sp³-hybridized carbons (Fsp3) is 0.565. The molecular weight excluding hydrogens is 442 g/mol. The topological polar surface area (TPSA) is 108 Å². The van der Waals surface area contributed by atoms with Crippen LogP contribution in [0.15, 0.2) is 30.3 Å². The lowest BCUT2D eigenvalue weighted by Gasteiger charge is -2.41. The SMILES string of the molecule is CC(O[C@@H]1C[C@@H]2CN(C(=O)O)[C@H](C(=O)Nc3snnc3-c3ccccc3)CN2C1)C(C)(C)C. The van der Waals surface area contributed by atoms with Gasteiger partial charge in [-0.15, -0.1) is 5.10 Å². The number of nitrogens with one attached hydrogen (secondary N) is 1. The monoisotopic (exact) mass is 473 g/mol. The number of ether oxygens (including phenoxy) is 1. The quantitative estimate of drug-likeness (QED) is 0.685. The van der Waals surface area contributed by atoms with Gasteiger partial charge in [-0.1, -0.05) is 55.6 Å². The molecule has 3 heterocycles. The van der Waals surface area contributed by atoms with Gasteiger partial charge in [-0.2, -0.15) is 0 Å². The third kappa shape index (κ3) is 5.18. The maximum atomic E-state index is 13.2. The van der Waals surface area contributed by atoms with Crippen LogP contribution in [0.4, 0.5) is 9.80 Å². The Balaban J connectivity index is 1.46. The molecule has 2 fully saturated rings. The smallest absolute Gasteiger partial charge is 0.408 e. The zero-order valence-electron chi connectivity index (χ0n) is 19.4. The summed E-state index contributed by atoms with van der Waals surface area (Å²) < 4.78 is 10.3. The van der Waals surface area contributed by atoms with Crippen molar-refractivity contribution in [3.05, 3.63) is 30.3 Å². The number of benzene rings is 1. The van der Waals surface area contributed by atoms with Crippen LogP contribution in [0.1, 0.15) is 34.1 Å². The van der Waals surface area contributed by atoms with E-state index in [1.54, 1.807) is 0 Å². The van der Waals surface area contributed by atoms with Crippen molar-refractivity contribution in [2.24, 2.45) is 5.41 Å². The van der Waals surface area contributed by atoms with Crippen LogP contribution in [0.25, 0.3) is 11.3 Å². The molecule has 0 radical (unpaired) electrons. The summed E-state index contributed by atoms with van der Waals surface area (Å²) in [5, 5.41) is 17.4. The van der Waals surface area contributed by atoms with E-state index in [9.17, 15) is 14.7 Å². The van der Waals surface area contributed by atoms with Crippen molar-refractivity contribution in [1.82, 2.24) is 19.4 Å². The molecule has 1 aromatic carbocycles. The zero-order chi connectivity index (χ0) is 23.8. The first kappa shape index (κ1) is 23.6. The predicted molar refractivity (Wildman–Crippen MR) is 126 cm³/mol. The van der Waals surface area contributed by atoms with Crippen LogP contribution >= 0.6 is 11.5 Å². The molecule has 2 saturated heterocycles. The number of fused-ring (bicyclic) bond motifs is 1. The number of anilines is 1. The Morgan fingerprint density at radius 2 is 1.94 bits per heavy atom. The third-order valence-corrected chi connectivity index (χ3v) is 7.26. The molecule has 2 aliphatic heterocycles.